The lowest BCUT2D eigenvalue weighted by Gasteiger charge is -2.26. The molecule has 4 heteroatoms. The smallest absolute Gasteiger partial charge is 0.417 e. The fourth-order valence-corrected chi connectivity index (χ4v) is 3.08. The molecule has 0 unspecified atom stereocenters. The molecule has 1 aromatic rings. The monoisotopic (exact) mass is 303 g/mol. The van der Waals surface area contributed by atoms with Crippen molar-refractivity contribution in [2.45, 2.75) is 52.7 Å². The first-order chi connectivity index (χ1) is 10.5. The summed E-state index contributed by atoms with van der Waals surface area (Å²) in [6, 6.07) is 9.32. The lowest BCUT2D eigenvalue weighted by atomic mass is 9.89. The molecule has 0 spiro atoms. The molecule has 1 aliphatic rings. The fraction of sp³-hybridized carbons (Fsp3) is 0.556. The number of amides is 2. The van der Waals surface area contributed by atoms with Crippen LogP contribution in [0.25, 0.3) is 0 Å². The molecule has 1 aliphatic heterocycles. The van der Waals surface area contributed by atoms with Gasteiger partial charge < -0.3 is 4.74 Å². The molecule has 4 nitrogen and oxygen atoms in total. The quantitative estimate of drug-likeness (QED) is 0.820. The molecule has 1 saturated heterocycles. The maximum absolute atomic E-state index is 12.8. The highest BCUT2D eigenvalue weighted by molar-refractivity contribution is 5.95. The first-order valence-electron chi connectivity index (χ1n) is 8.06. The van der Waals surface area contributed by atoms with Crippen LogP contribution in [0.4, 0.5) is 4.79 Å². The van der Waals surface area contributed by atoms with Crippen LogP contribution < -0.4 is 0 Å². The van der Waals surface area contributed by atoms with E-state index in [1.807, 2.05) is 51.1 Å². The third kappa shape index (κ3) is 3.16. The summed E-state index contributed by atoms with van der Waals surface area (Å²) in [5.41, 5.74) is 0.926. The van der Waals surface area contributed by atoms with Crippen molar-refractivity contribution in [3.05, 3.63) is 35.9 Å². The van der Waals surface area contributed by atoms with Crippen LogP contribution in [0.1, 0.15) is 52.2 Å². The van der Waals surface area contributed by atoms with Crippen molar-refractivity contribution in [2.75, 3.05) is 0 Å². The third-order valence-corrected chi connectivity index (χ3v) is 4.36. The molecular weight excluding hydrogens is 278 g/mol. The molecule has 0 aliphatic carbocycles. The predicted molar refractivity (Wildman–Crippen MR) is 85.2 cm³/mol. The second-order valence-corrected chi connectivity index (χ2v) is 6.30. The number of hydrogen-bond donors (Lipinski definition) is 0. The average Bonchev–Trinajstić information content (AvgIpc) is 2.79. The maximum Gasteiger partial charge on any atom is 0.417 e. The van der Waals surface area contributed by atoms with E-state index in [1.165, 1.54) is 4.90 Å². The summed E-state index contributed by atoms with van der Waals surface area (Å²) in [7, 11) is 0. The van der Waals surface area contributed by atoms with Gasteiger partial charge in [-0.05, 0) is 24.8 Å². The van der Waals surface area contributed by atoms with Gasteiger partial charge in [-0.15, -0.1) is 0 Å². The van der Waals surface area contributed by atoms with E-state index in [9.17, 15) is 9.59 Å². The van der Waals surface area contributed by atoms with Crippen LogP contribution in [0, 0.1) is 11.8 Å². The Hall–Kier alpha value is -1.84. The summed E-state index contributed by atoms with van der Waals surface area (Å²) in [5, 5.41) is 0. The minimum atomic E-state index is -0.520. The third-order valence-electron chi connectivity index (χ3n) is 4.36. The van der Waals surface area contributed by atoms with Crippen molar-refractivity contribution < 1.29 is 14.3 Å². The number of cyclic esters (lactones) is 1. The van der Waals surface area contributed by atoms with Crippen LogP contribution in [0.5, 0.6) is 0 Å². The maximum atomic E-state index is 12.8. The molecule has 1 fully saturated rings. The lowest BCUT2D eigenvalue weighted by Crippen LogP contribution is -2.43. The van der Waals surface area contributed by atoms with Crippen molar-refractivity contribution in [3.8, 4) is 0 Å². The van der Waals surface area contributed by atoms with Gasteiger partial charge in [0.25, 0.3) is 0 Å². The van der Waals surface area contributed by atoms with Gasteiger partial charge in [-0.1, -0.05) is 57.5 Å². The normalized spacial score (nSPS) is 22.8. The highest BCUT2D eigenvalue weighted by Gasteiger charge is 2.45. The number of ether oxygens (including phenoxy) is 1. The summed E-state index contributed by atoms with van der Waals surface area (Å²) >= 11 is 0. The second-order valence-electron chi connectivity index (χ2n) is 6.30. The van der Waals surface area contributed by atoms with Crippen LogP contribution in [-0.2, 0) is 9.53 Å². The van der Waals surface area contributed by atoms with Crippen molar-refractivity contribution in [3.63, 3.8) is 0 Å². The second kappa shape index (κ2) is 6.95. The number of imide groups is 1. The largest absolute Gasteiger partial charge is 0.439 e. The summed E-state index contributed by atoms with van der Waals surface area (Å²) in [5.74, 6) is -0.0227. The summed E-state index contributed by atoms with van der Waals surface area (Å²) in [4.78, 5) is 26.3. The summed E-state index contributed by atoms with van der Waals surface area (Å²) in [6.07, 6.45) is 0.817. The Kier molecular flexibility index (Phi) is 5.22. The number of benzene rings is 1. The van der Waals surface area contributed by atoms with Gasteiger partial charge in [0, 0.05) is 5.92 Å². The molecule has 0 N–H and O–H groups in total. The van der Waals surface area contributed by atoms with Crippen molar-refractivity contribution in [1.82, 2.24) is 4.90 Å². The average molecular weight is 303 g/mol. The molecular formula is C18H25NO3. The molecule has 2 rings (SSSR count). The molecule has 0 aromatic heterocycles. The Morgan fingerprint density at radius 3 is 2.45 bits per heavy atom. The van der Waals surface area contributed by atoms with Gasteiger partial charge in [0.05, 0.1) is 6.04 Å². The van der Waals surface area contributed by atoms with Gasteiger partial charge >= 0.3 is 6.09 Å². The highest BCUT2D eigenvalue weighted by atomic mass is 16.6. The predicted octanol–water partition coefficient (Wildman–Crippen LogP) is 4.17. The first-order valence-corrected chi connectivity index (χ1v) is 8.06. The van der Waals surface area contributed by atoms with E-state index in [-0.39, 0.29) is 29.9 Å². The Morgan fingerprint density at radius 2 is 1.91 bits per heavy atom. The molecule has 22 heavy (non-hydrogen) atoms. The molecule has 0 saturated carbocycles. The van der Waals surface area contributed by atoms with E-state index in [2.05, 4.69) is 6.92 Å². The highest BCUT2D eigenvalue weighted by Crippen LogP contribution is 2.34. The standard InChI is InChI=1S/C18H25NO3/c1-5-9-15(12(2)3)17(20)19-13(4)16(22-18(19)21)14-10-7-6-8-11-14/h6-8,10-13,15-16H,5,9H2,1-4H3/t13-,15+,16-/m1/s1. The molecule has 1 aromatic carbocycles. The molecule has 2 amide bonds. The van der Waals surface area contributed by atoms with Crippen molar-refractivity contribution in [2.24, 2.45) is 11.8 Å². The Morgan fingerprint density at radius 1 is 1.27 bits per heavy atom. The zero-order chi connectivity index (χ0) is 16.3. The Balaban J connectivity index is 2.21. The number of hydrogen-bond acceptors (Lipinski definition) is 3. The number of rotatable bonds is 5. The molecule has 0 bridgehead atoms. The summed E-state index contributed by atoms with van der Waals surface area (Å²) < 4.78 is 5.47. The van der Waals surface area contributed by atoms with E-state index >= 15 is 0 Å². The minimum absolute atomic E-state index is 0.104. The van der Waals surface area contributed by atoms with Gasteiger partial charge in [-0.3, -0.25) is 4.79 Å². The van der Waals surface area contributed by atoms with E-state index in [4.69, 9.17) is 4.74 Å². The Bertz CT molecular complexity index is 526. The topological polar surface area (TPSA) is 46.6 Å². The van der Waals surface area contributed by atoms with Gasteiger partial charge in [0.2, 0.25) is 5.91 Å². The van der Waals surface area contributed by atoms with E-state index in [0.717, 1.165) is 18.4 Å². The molecule has 120 valence electrons. The van der Waals surface area contributed by atoms with E-state index in [0.29, 0.717) is 0 Å². The fourth-order valence-electron chi connectivity index (χ4n) is 3.08. The summed E-state index contributed by atoms with van der Waals surface area (Å²) in [6.45, 7) is 7.99. The van der Waals surface area contributed by atoms with Crippen LogP contribution in [0.2, 0.25) is 0 Å². The van der Waals surface area contributed by atoms with E-state index in [1.54, 1.807) is 0 Å². The van der Waals surface area contributed by atoms with Crippen LogP contribution in [-0.4, -0.2) is 22.9 Å². The number of carbonyl (C=O) groups is 2. The zero-order valence-corrected chi connectivity index (χ0v) is 13.8. The minimum Gasteiger partial charge on any atom is -0.439 e. The van der Waals surface area contributed by atoms with Gasteiger partial charge in [0.1, 0.15) is 6.10 Å². The lowest BCUT2D eigenvalue weighted by molar-refractivity contribution is -0.135. The van der Waals surface area contributed by atoms with Crippen LogP contribution in [0.15, 0.2) is 30.3 Å². The van der Waals surface area contributed by atoms with Gasteiger partial charge in [-0.2, -0.15) is 0 Å². The van der Waals surface area contributed by atoms with Crippen molar-refractivity contribution in [1.29, 1.82) is 0 Å². The molecule has 3 atom stereocenters. The van der Waals surface area contributed by atoms with Crippen molar-refractivity contribution >= 4 is 12.0 Å². The number of carbonyl (C=O) groups excluding carboxylic acids is 2. The number of nitrogens with zero attached hydrogens (tertiary/aromatic N) is 1. The van der Waals surface area contributed by atoms with E-state index < -0.39 is 6.09 Å². The van der Waals surface area contributed by atoms with Crippen LogP contribution in [0.3, 0.4) is 0 Å². The van der Waals surface area contributed by atoms with Gasteiger partial charge in [-0.25, -0.2) is 9.69 Å². The zero-order valence-electron chi connectivity index (χ0n) is 13.8. The van der Waals surface area contributed by atoms with Gasteiger partial charge in [0.15, 0.2) is 0 Å². The first kappa shape index (κ1) is 16.5. The SMILES string of the molecule is CCC[C@H](C(=O)N1C(=O)O[C@@H](c2ccccc2)[C@H]1C)C(C)C. The Labute approximate surface area is 132 Å². The molecule has 0 radical (unpaired) electrons. The molecule has 1 heterocycles. The van der Waals surface area contributed by atoms with Crippen LogP contribution >= 0.6 is 0 Å².